The molecule has 1 saturated carbocycles. The smallest absolute Gasteiger partial charge is 0.206 e. The van der Waals surface area contributed by atoms with Crippen LogP contribution in [0.1, 0.15) is 24.3 Å². The Hall–Kier alpha value is -1.56. The minimum absolute atomic E-state index is 0.445. The molecular formula is C9H15N5O. The molecule has 6 heteroatoms. The second kappa shape index (κ2) is 4.31. The molecule has 1 aliphatic carbocycles. The predicted molar refractivity (Wildman–Crippen MR) is 55.9 cm³/mol. The fourth-order valence-corrected chi connectivity index (χ4v) is 1.20. The summed E-state index contributed by atoms with van der Waals surface area (Å²) >= 11 is 0. The SMILES string of the molecule is Cc1cc(CN=C(NN)NC2CC2)on1. The third-order valence-corrected chi connectivity index (χ3v) is 2.12. The number of hydrazine groups is 1. The average Bonchev–Trinajstić information content (AvgIpc) is 2.95. The number of rotatable bonds is 3. The lowest BCUT2D eigenvalue weighted by molar-refractivity contribution is 0.381. The number of hydrogen-bond donors (Lipinski definition) is 3. The van der Waals surface area contributed by atoms with E-state index in [1.807, 2.05) is 13.0 Å². The van der Waals surface area contributed by atoms with E-state index in [2.05, 4.69) is 20.9 Å². The molecule has 15 heavy (non-hydrogen) atoms. The highest BCUT2D eigenvalue weighted by molar-refractivity contribution is 5.79. The Bertz CT molecular complexity index is 355. The fraction of sp³-hybridized carbons (Fsp3) is 0.556. The Morgan fingerprint density at radius 3 is 3.07 bits per heavy atom. The van der Waals surface area contributed by atoms with Crippen LogP contribution < -0.4 is 16.6 Å². The zero-order chi connectivity index (χ0) is 10.7. The van der Waals surface area contributed by atoms with Gasteiger partial charge in [0.1, 0.15) is 6.54 Å². The molecular weight excluding hydrogens is 194 g/mol. The van der Waals surface area contributed by atoms with Crippen LogP contribution in [0.4, 0.5) is 0 Å². The van der Waals surface area contributed by atoms with Crippen molar-refractivity contribution in [2.75, 3.05) is 0 Å². The molecule has 1 aliphatic rings. The highest BCUT2D eigenvalue weighted by Gasteiger charge is 2.21. The maximum atomic E-state index is 5.33. The van der Waals surface area contributed by atoms with Crippen LogP contribution in [0.15, 0.2) is 15.6 Å². The van der Waals surface area contributed by atoms with Crippen molar-refractivity contribution in [1.82, 2.24) is 15.9 Å². The summed E-state index contributed by atoms with van der Waals surface area (Å²) < 4.78 is 5.03. The Morgan fingerprint density at radius 2 is 2.53 bits per heavy atom. The normalized spacial score (nSPS) is 16.5. The standard InChI is InChI=1S/C9H15N5O/c1-6-4-8(15-14-6)5-11-9(13-10)12-7-2-3-7/h4,7H,2-3,5,10H2,1H3,(H2,11,12,13). The van der Waals surface area contributed by atoms with Crippen molar-refractivity contribution in [3.63, 3.8) is 0 Å². The first-order chi connectivity index (χ1) is 7.28. The van der Waals surface area contributed by atoms with Crippen LogP contribution in [0.3, 0.4) is 0 Å². The number of aryl methyl sites for hydroxylation is 1. The lowest BCUT2D eigenvalue weighted by Gasteiger charge is -2.06. The van der Waals surface area contributed by atoms with E-state index in [-0.39, 0.29) is 0 Å². The molecule has 1 heterocycles. The van der Waals surface area contributed by atoms with Gasteiger partial charge < -0.3 is 9.84 Å². The molecule has 0 aliphatic heterocycles. The van der Waals surface area contributed by atoms with Crippen LogP contribution in [-0.4, -0.2) is 17.2 Å². The van der Waals surface area contributed by atoms with E-state index in [1.54, 1.807) is 0 Å². The molecule has 0 aromatic carbocycles. The first-order valence-corrected chi connectivity index (χ1v) is 4.97. The first kappa shape index (κ1) is 9.97. The van der Waals surface area contributed by atoms with Crippen molar-refractivity contribution in [1.29, 1.82) is 0 Å². The third kappa shape index (κ3) is 2.95. The lowest BCUT2D eigenvalue weighted by Crippen LogP contribution is -2.42. The first-order valence-electron chi connectivity index (χ1n) is 4.97. The van der Waals surface area contributed by atoms with E-state index >= 15 is 0 Å². The van der Waals surface area contributed by atoms with Crippen LogP contribution in [0, 0.1) is 6.92 Å². The summed E-state index contributed by atoms with van der Waals surface area (Å²) in [6, 6.07) is 2.38. The van der Waals surface area contributed by atoms with Gasteiger partial charge in [-0.3, -0.25) is 5.43 Å². The van der Waals surface area contributed by atoms with Gasteiger partial charge in [-0.2, -0.15) is 0 Å². The van der Waals surface area contributed by atoms with E-state index in [1.165, 1.54) is 12.8 Å². The van der Waals surface area contributed by atoms with Crippen LogP contribution in [-0.2, 0) is 6.54 Å². The molecule has 0 unspecified atom stereocenters. The van der Waals surface area contributed by atoms with Gasteiger partial charge in [-0.15, -0.1) is 0 Å². The second-order valence-corrected chi connectivity index (χ2v) is 3.66. The largest absolute Gasteiger partial charge is 0.359 e. The predicted octanol–water partition coefficient (Wildman–Crippen LogP) is 0.0543. The van der Waals surface area contributed by atoms with Gasteiger partial charge in [0.25, 0.3) is 0 Å². The zero-order valence-electron chi connectivity index (χ0n) is 8.66. The van der Waals surface area contributed by atoms with Gasteiger partial charge in [-0.1, -0.05) is 5.16 Å². The Balaban J connectivity index is 1.89. The minimum Gasteiger partial charge on any atom is -0.359 e. The van der Waals surface area contributed by atoms with Crippen LogP contribution >= 0.6 is 0 Å². The van der Waals surface area contributed by atoms with Crippen molar-refractivity contribution in [3.05, 3.63) is 17.5 Å². The molecule has 4 N–H and O–H groups in total. The summed E-state index contributed by atoms with van der Waals surface area (Å²) in [6.07, 6.45) is 2.37. The summed E-state index contributed by atoms with van der Waals surface area (Å²) in [5.74, 6) is 6.67. The van der Waals surface area contributed by atoms with Crippen LogP contribution in [0.5, 0.6) is 0 Å². The van der Waals surface area contributed by atoms with Crippen molar-refractivity contribution in [3.8, 4) is 0 Å². The molecule has 1 aromatic heterocycles. The summed E-state index contributed by atoms with van der Waals surface area (Å²) in [5, 5.41) is 6.95. The third-order valence-electron chi connectivity index (χ3n) is 2.12. The maximum Gasteiger partial charge on any atom is 0.206 e. The zero-order valence-corrected chi connectivity index (χ0v) is 8.66. The molecule has 1 aromatic rings. The Morgan fingerprint density at radius 1 is 1.73 bits per heavy atom. The lowest BCUT2D eigenvalue weighted by atomic mass is 10.4. The summed E-state index contributed by atoms with van der Waals surface area (Å²) in [4.78, 5) is 4.24. The molecule has 0 saturated heterocycles. The quantitative estimate of drug-likeness (QED) is 0.283. The average molecular weight is 209 g/mol. The molecule has 0 radical (unpaired) electrons. The molecule has 2 rings (SSSR count). The van der Waals surface area contributed by atoms with Gasteiger partial charge in [-0.25, -0.2) is 10.8 Å². The fourth-order valence-electron chi connectivity index (χ4n) is 1.20. The number of hydrogen-bond acceptors (Lipinski definition) is 4. The van der Waals surface area contributed by atoms with E-state index in [0.717, 1.165) is 11.5 Å². The summed E-state index contributed by atoms with van der Waals surface area (Å²) in [6.45, 7) is 2.32. The molecule has 82 valence electrons. The number of aliphatic imine (C=N–C) groups is 1. The van der Waals surface area contributed by atoms with Gasteiger partial charge in [0.15, 0.2) is 5.76 Å². The molecule has 0 bridgehead atoms. The number of guanidine groups is 1. The highest BCUT2D eigenvalue weighted by Crippen LogP contribution is 2.18. The summed E-state index contributed by atoms with van der Waals surface area (Å²) in [7, 11) is 0. The Kier molecular flexibility index (Phi) is 2.86. The molecule has 0 atom stereocenters. The van der Waals surface area contributed by atoms with Gasteiger partial charge in [0, 0.05) is 12.1 Å². The van der Waals surface area contributed by atoms with Crippen LogP contribution in [0.25, 0.3) is 0 Å². The molecule has 6 nitrogen and oxygen atoms in total. The molecule has 0 spiro atoms. The second-order valence-electron chi connectivity index (χ2n) is 3.66. The number of nitrogens with one attached hydrogen (secondary N) is 2. The van der Waals surface area contributed by atoms with Crippen molar-refractivity contribution in [2.24, 2.45) is 10.8 Å². The van der Waals surface area contributed by atoms with E-state index in [0.29, 0.717) is 18.5 Å². The monoisotopic (exact) mass is 209 g/mol. The number of nitrogens with zero attached hydrogens (tertiary/aromatic N) is 2. The van der Waals surface area contributed by atoms with E-state index in [4.69, 9.17) is 10.4 Å². The van der Waals surface area contributed by atoms with Crippen molar-refractivity contribution >= 4 is 5.96 Å². The van der Waals surface area contributed by atoms with Gasteiger partial charge in [-0.05, 0) is 19.8 Å². The van der Waals surface area contributed by atoms with Gasteiger partial charge >= 0.3 is 0 Å². The van der Waals surface area contributed by atoms with Crippen LogP contribution in [0.2, 0.25) is 0 Å². The maximum absolute atomic E-state index is 5.33. The van der Waals surface area contributed by atoms with E-state index in [9.17, 15) is 0 Å². The summed E-state index contributed by atoms with van der Waals surface area (Å²) in [5.41, 5.74) is 3.39. The molecule has 0 amide bonds. The van der Waals surface area contributed by atoms with Gasteiger partial charge in [0.2, 0.25) is 5.96 Å². The van der Waals surface area contributed by atoms with Crippen molar-refractivity contribution in [2.45, 2.75) is 32.4 Å². The molecule has 1 fully saturated rings. The Labute approximate surface area is 87.9 Å². The van der Waals surface area contributed by atoms with E-state index < -0.39 is 0 Å². The van der Waals surface area contributed by atoms with Gasteiger partial charge in [0.05, 0.1) is 5.69 Å². The highest BCUT2D eigenvalue weighted by atomic mass is 16.5. The minimum atomic E-state index is 0.445. The number of aromatic nitrogens is 1. The van der Waals surface area contributed by atoms with Crippen molar-refractivity contribution < 1.29 is 4.52 Å². The topological polar surface area (TPSA) is 88.5 Å². The number of nitrogens with two attached hydrogens (primary N) is 1.